The Bertz CT molecular complexity index is 368. The molecule has 1 atom stereocenters. The average molecular weight is 267 g/mol. The van der Waals surface area contributed by atoms with Crippen LogP contribution in [-0.2, 0) is 13.5 Å². The first-order valence-electron chi connectivity index (χ1n) is 7.14. The molecule has 1 aromatic rings. The molecule has 0 aliphatic heterocycles. The van der Waals surface area contributed by atoms with Crippen molar-refractivity contribution >= 4 is 0 Å². The first-order chi connectivity index (χ1) is 8.95. The number of hydrazine groups is 1. The maximum Gasteiger partial charge on any atom is 0.0521 e. The van der Waals surface area contributed by atoms with E-state index in [-0.39, 0.29) is 11.6 Å². The van der Waals surface area contributed by atoms with Crippen molar-refractivity contribution in [2.75, 3.05) is 13.1 Å². The second-order valence-electron chi connectivity index (χ2n) is 5.61. The molecule has 0 radical (unpaired) electrons. The summed E-state index contributed by atoms with van der Waals surface area (Å²) in [5.41, 5.74) is 4.30. The normalized spacial score (nSPS) is 14.1. The van der Waals surface area contributed by atoms with E-state index in [9.17, 15) is 0 Å². The van der Waals surface area contributed by atoms with Crippen LogP contribution in [0.25, 0.3) is 0 Å². The minimum absolute atomic E-state index is 0.0421. The van der Waals surface area contributed by atoms with E-state index in [1.54, 1.807) is 0 Å². The Hall–Kier alpha value is -0.910. The van der Waals surface area contributed by atoms with E-state index < -0.39 is 0 Å². The van der Waals surface area contributed by atoms with E-state index in [0.29, 0.717) is 0 Å². The number of nitrogens with zero attached hydrogens (tertiary/aromatic N) is 3. The lowest BCUT2D eigenvalue weighted by atomic mass is 9.88. The van der Waals surface area contributed by atoms with Crippen molar-refractivity contribution in [3.05, 3.63) is 18.0 Å². The standard InChI is InChI=1S/C14H29N5/c1-6-19(7-2)14(3,4)13(17-15)9-8-12-10-16-18(5)11-12/h10-11,13,17H,6-9,15H2,1-5H3. The Labute approximate surface area is 117 Å². The summed E-state index contributed by atoms with van der Waals surface area (Å²) in [6, 6.07) is 0.257. The van der Waals surface area contributed by atoms with Crippen LogP contribution in [0.2, 0.25) is 0 Å². The highest BCUT2D eigenvalue weighted by Crippen LogP contribution is 2.22. The molecule has 0 fully saturated rings. The van der Waals surface area contributed by atoms with Crippen molar-refractivity contribution in [1.29, 1.82) is 0 Å². The Morgan fingerprint density at radius 2 is 2.05 bits per heavy atom. The Morgan fingerprint density at radius 3 is 2.47 bits per heavy atom. The van der Waals surface area contributed by atoms with Crippen LogP contribution in [0.15, 0.2) is 12.4 Å². The Balaban J connectivity index is 2.66. The van der Waals surface area contributed by atoms with Gasteiger partial charge in [-0.2, -0.15) is 5.10 Å². The van der Waals surface area contributed by atoms with Crippen LogP contribution in [0.1, 0.15) is 39.7 Å². The number of likely N-dealkylation sites (N-methyl/N-ethyl adjacent to an activating group) is 1. The highest BCUT2D eigenvalue weighted by atomic mass is 15.3. The fourth-order valence-corrected chi connectivity index (χ4v) is 2.81. The SMILES string of the molecule is CCN(CC)C(C)(C)C(CCc1cnn(C)c1)NN. The van der Waals surface area contributed by atoms with Gasteiger partial charge in [-0.3, -0.25) is 20.9 Å². The number of hydrogen-bond acceptors (Lipinski definition) is 4. The van der Waals surface area contributed by atoms with Gasteiger partial charge in [0.2, 0.25) is 0 Å². The summed E-state index contributed by atoms with van der Waals surface area (Å²) in [4.78, 5) is 2.45. The molecule has 3 N–H and O–H groups in total. The molecule has 110 valence electrons. The van der Waals surface area contributed by atoms with Crippen LogP contribution in [0.5, 0.6) is 0 Å². The summed E-state index contributed by atoms with van der Waals surface area (Å²) < 4.78 is 1.84. The van der Waals surface area contributed by atoms with Gasteiger partial charge in [-0.25, -0.2) is 0 Å². The van der Waals surface area contributed by atoms with Crippen molar-refractivity contribution in [2.45, 2.75) is 52.1 Å². The molecular weight excluding hydrogens is 238 g/mol. The number of nitrogens with two attached hydrogens (primary N) is 1. The summed E-state index contributed by atoms with van der Waals surface area (Å²) in [5.74, 6) is 5.78. The average Bonchev–Trinajstić information content (AvgIpc) is 2.76. The summed E-state index contributed by atoms with van der Waals surface area (Å²) >= 11 is 0. The van der Waals surface area contributed by atoms with Gasteiger partial charge in [0, 0.05) is 24.8 Å². The lowest BCUT2D eigenvalue weighted by Crippen LogP contribution is -2.59. The zero-order valence-electron chi connectivity index (χ0n) is 13.0. The molecule has 5 heteroatoms. The molecule has 1 unspecified atom stereocenters. The monoisotopic (exact) mass is 267 g/mol. The topological polar surface area (TPSA) is 59.1 Å². The van der Waals surface area contributed by atoms with Gasteiger partial charge in [0.05, 0.1) is 6.20 Å². The van der Waals surface area contributed by atoms with Crippen LogP contribution >= 0.6 is 0 Å². The van der Waals surface area contributed by atoms with Crippen LogP contribution in [0.3, 0.4) is 0 Å². The first kappa shape index (κ1) is 16.1. The van der Waals surface area contributed by atoms with Crippen molar-refractivity contribution in [1.82, 2.24) is 20.1 Å². The van der Waals surface area contributed by atoms with Gasteiger partial charge in [0.1, 0.15) is 0 Å². The fourth-order valence-electron chi connectivity index (χ4n) is 2.81. The van der Waals surface area contributed by atoms with Gasteiger partial charge >= 0.3 is 0 Å². The van der Waals surface area contributed by atoms with Crippen molar-refractivity contribution in [3.8, 4) is 0 Å². The number of rotatable bonds is 8. The van der Waals surface area contributed by atoms with E-state index in [0.717, 1.165) is 25.9 Å². The van der Waals surface area contributed by atoms with Gasteiger partial charge in [0.25, 0.3) is 0 Å². The summed E-state index contributed by atoms with van der Waals surface area (Å²) in [6.07, 6.45) is 6.00. The van der Waals surface area contributed by atoms with Crippen LogP contribution in [0, 0.1) is 0 Å². The molecule has 19 heavy (non-hydrogen) atoms. The molecule has 1 aromatic heterocycles. The zero-order chi connectivity index (χ0) is 14.5. The molecule has 0 aliphatic carbocycles. The van der Waals surface area contributed by atoms with Crippen LogP contribution < -0.4 is 11.3 Å². The third-order valence-electron chi connectivity index (χ3n) is 4.11. The molecule has 0 saturated heterocycles. The number of aromatic nitrogens is 2. The molecule has 1 rings (SSSR count). The quantitative estimate of drug-likeness (QED) is 0.551. The number of aryl methyl sites for hydroxylation is 2. The Morgan fingerprint density at radius 1 is 1.42 bits per heavy atom. The van der Waals surface area contributed by atoms with Crippen molar-refractivity contribution < 1.29 is 0 Å². The number of nitrogens with one attached hydrogen (secondary N) is 1. The van der Waals surface area contributed by atoms with Gasteiger partial charge in [-0.1, -0.05) is 13.8 Å². The summed E-state index contributed by atoms with van der Waals surface area (Å²) in [5, 5.41) is 4.20. The summed E-state index contributed by atoms with van der Waals surface area (Å²) in [7, 11) is 1.95. The lowest BCUT2D eigenvalue weighted by molar-refractivity contribution is 0.0877. The highest BCUT2D eigenvalue weighted by Gasteiger charge is 2.32. The van der Waals surface area contributed by atoms with Gasteiger partial charge in [0.15, 0.2) is 0 Å². The van der Waals surface area contributed by atoms with E-state index >= 15 is 0 Å². The predicted molar refractivity (Wildman–Crippen MR) is 79.6 cm³/mol. The third-order valence-corrected chi connectivity index (χ3v) is 4.11. The molecule has 5 nitrogen and oxygen atoms in total. The fraction of sp³-hybridized carbons (Fsp3) is 0.786. The molecule has 0 spiro atoms. The van der Waals surface area contributed by atoms with E-state index in [4.69, 9.17) is 5.84 Å². The van der Waals surface area contributed by atoms with Gasteiger partial charge < -0.3 is 0 Å². The molecule has 0 saturated carbocycles. The Kier molecular flexibility index (Phi) is 5.97. The third kappa shape index (κ3) is 4.03. The molecule has 1 heterocycles. The van der Waals surface area contributed by atoms with Crippen LogP contribution in [-0.4, -0.2) is 39.4 Å². The minimum atomic E-state index is 0.0421. The second-order valence-corrected chi connectivity index (χ2v) is 5.61. The zero-order valence-corrected chi connectivity index (χ0v) is 13.0. The molecule has 0 bridgehead atoms. The van der Waals surface area contributed by atoms with Crippen molar-refractivity contribution in [3.63, 3.8) is 0 Å². The van der Waals surface area contributed by atoms with Gasteiger partial charge in [-0.15, -0.1) is 0 Å². The molecular formula is C14H29N5. The molecule has 0 aromatic carbocycles. The summed E-state index contributed by atoms with van der Waals surface area (Å²) in [6.45, 7) is 11.0. The highest BCUT2D eigenvalue weighted by molar-refractivity contribution is 5.05. The smallest absolute Gasteiger partial charge is 0.0521 e. The van der Waals surface area contributed by atoms with E-state index in [1.807, 2.05) is 17.9 Å². The molecule has 0 amide bonds. The first-order valence-corrected chi connectivity index (χ1v) is 7.14. The second kappa shape index (κ2) is 7.03. The van der Waals surface area contributed by atoms with Gasteiger partial charge in [-0.05, 0) is 45.3 Å². The lowest BCUT2D eigenvalue weighted by Gasteiger charge is -2.43. The maximum atomic E-state index is 5.78. The van der Waals surface area contributed by atoms with Crippen molar-refractivity contribution in [2.24, 2.45) is 12.9 Å². The van der Waals surface area contributed by atoms with E-state index in [1.165, 1.54) is 5.56 Å². The largest absolute Gasteiger partial charge is 0.297 e. The number of hydrogen-bond donors (Lipinski definition) is 2. The van der Waals surface area contributed by atoms with E-state index in [2.05, 4.69) is 49.3 Å². The predicted octanol–water partition coefficient (Wildman–Crippen LogP) is 1.31. The van der Waals surface area contributed by atoms with Crippen LogP contribution in [0.4, 0.5) is 0 Å². The maximum absolute atomic E-state index is 5.78. The molecule has 0 aliphatic rings. The minimum Gasteiger partial charge on any atom is -0.297 e.